The van der Waals surface area contributed by atoms with Gasteiger partial charge in [-0.05, 0) is 18.0 Å². The highest BCUT2D eigenvalue weighted by atomic mass is 16.6. The predicted octanol–water partition coefficient (Wildman–Crippen LogP) is 2.54. The number of hydrogen-bond acceptors (Lipinski definition) is 4. The normalized spacial score (nSPS) is 9.31. The van der Waals surface area contributed by atoms with Crippen LogP contribution in [0.2, 0.25) is 0 Å². The number of hydrogen-bond donors (Lipinski definition) is 1. The first kappa shape index (κ1) is 11.5. The number of non-ortho nitro benzene ring substituents is 1. The van der Waals surface area contributed by atoms with Crippen LogP contribution in [0.25, 0.3) is 10.4 Å². The number of nitro benzene ring substituents is 1. The molecule has 0 aliphatic rings. The zero-order chi connectivity index (χ0) is 12.3. The molecule has 1 aromatic carbocycles. The summed E-state index contributed by atoms with van der Waals surface area (Å²) >= 11 is 0. The van der Waals surface area contributed by atoms with Crippen LogP contribution in [0.1, 0.15) is 15.9 Å². The van der Waals surface area contributed by atoms with Crippen molar-refractivity contribution in [2.45, 2.75) is 6.92 Å². The van der Waals surface area contributed by atoms with Gasteiger partial charge in [0, 0.05) is 17.0 Å². The van der Waals surface area contributed by atoms with Crippen LogP contribution in [-0.2, 0) is 0 Å². The number of benzene rings is 1. The molecule has 82 valence electrons. The predicted molar refractivity (Wildman–Crippen MR) is 53.6 cm³/mol. The summed E-state index contributed by atoms with van der Waals surface area (Å²) in [7, 11) is 0. The van der Waals surface area contributed by atoms with E-state index in [2.05, 4.69) is 10.0 Å². The summed E-state index contributed by atoms with van der Waals surface area (Å²) in [6, 6.07) is 2.01. The molecular formula is C8H6N4O4. The zero-order valence-corrected chi connectivity index (χ0v) is 8.12. The number of rotatable bonds is 3. The molecule has 0 amide bonds. The van der Waals surface area contributed by atoms with Crippen LogP contribution in [0.3, 0.4) is 0 Å². The second-order valence-corrected chi connectivity index (χ2v) is 2.91. The Bertz CT molecular complexity index is 519. The van der Waals surface area contributed by atoms with Gasteiger partial charge in [0.25, 0.3) is 5.69 Å². The fraction of sp³-hybridized carbons (Fsp3) is 0.125. The maximum absolute atomic E-state index is 10.8. The third kappa shape index (κ3) is 2.07. The lowest BCUT2D eigenvalue weighted by molar-refractivity contribution is -0.384. The summed E-state index contributed by atoms with van der Waals surface area (Å²) in [4.78, 5) is 23.1. The average Bonchev–Trinajstić information content (AvgIpc) is 2.20. The monoisotopic (exact) mass is 222 g/mol. The van der Waals surface area contributed by atoms with Crippen LogP contribution in [0.15, 0.2) is 17.2 Å². The number of nitrogens with zero attached hydrogens (tertiary/aromatic N) is 4. The van der Waals surface area contributed by atoms with Crippen LogP contribution in [0.5, 0.6) is 0 Å². The summed E-state index contributed by atoms with van der Waals surface area (Å²) in [5.74, 6) is -1.38. The molecule has 0 saturated heterocycles. The molecular weight excluding hydrogens is 216 g/mol. The Morgan fingerprint density at radius 2 is 2.25 bits per heavy atom. The molecule has 16 heavy (non-hydrogen) atoms. The van der Waals surface area contributed by atoms with Crippen molar-refractivity contribution in [3.05, 3.63) is 43.8 Å². The number of carbonyl (C=O) groups is 1. The maximum atomic E-state index is 10.8. The number of aromatic carboxylic acids is 1. The Kier molecular flexibility index (Phi) is 3.07. The van der Waals surface area contributed by atoms with E-state index in [4.69, 9.17) is 10.6 Å². The molecule has 8 heteroatoms. The van der Waals surface area contributed by atoms with Gasteiger partial charge in [-0.1, -0.05) is 5.11 Å². The zero-order valence-electron chi connectivity index (χ0n) is 8.12. The molecule has 0 spiro atoms. The van der Waals surface area contributed by atoms with E-state index in [0.717, 1.165) is 12.1 Å². The second-order valence-electron chi connectivity index (χ2n) is 2.91. The maximum Gasteiger partial charge on any atom is 0.336 e. The van der Waals surface area contributed by atoms with E-state index in [9.17, 15) is 14.9 Å². The van der Waals surface area contributed by atoms with Crippen LogP contribution in [0.4, 0.5) is 11.4 Å². The highest BCUT2D eigenvalue weighted by Crippen LogP contribution is 2.29. The van der Waals surface area contributed by atoms with E-state index in [1.165, 1.54) is 6.92 Å². The largest absolute Gasteiger partial charge is 0.478 e. The summed E-state index contributed by atoms with van der Waals surface area (Å²) in [6.07, 6.45) is 0. The van der Waals surface area contributed by atoms with E-state index >= 15 is 0 Å². The first-order valence-corrected chi connectivity index (χ1v) is 4.04. The lowest BCUT2D eigenvalue weighted by Gasteiger charge is -2.03. The fourth-order valence-corrected chi connectivity index (χ4v) is 1.21. The topological polar surface area (TPSA) is 129 Å². The van der Waals surface area contributed by atoms with Crippen molar-refractivity contribution in [3.8, 4) is 0 Å². The lowest BCUT2D eigenvalue weighted by atomic mass is 10.1. The Labute approximate surface area is 88.9 Å². The fourth-order valence-electron chi connectivity index (χ4n) is 1.21. The molecule has 0 heterocycles. The van der Waals surface area contributed by atoms with Crippen molar-refractivity contribution in [1.82, 2.24) is 0 Å². The van der Waals surface area contributed by atoms with Gasteiger partial charge < -0.3 is 5.11 Å². The molecule has 0 fully saturated rings. The van der Waals surface area contributed by atoms with Gasteiger partial charge in [0.05, 0.1) is 16.2 Å². The SMILES string of the molecule is Cc1cc([N+](=O)[O-])cc(C(=O)O)c1N=[N+]=[N-]. The van der Waals surface area contributed by atoms with Crippen LogP contribution in [0, 0.1) is 17.0 Å². The highest BCUT2D eigenvalue weighted by molar-refractivity contribution is 5.95. The Hall–Kier alpha value is -2.60. The van der Waals surface area contributed by atoms with Crippen LogP contribution < -0.4 is 0 Å². The number of nitro groups is 1. The van der Waals surface area contributed by atoms with Gasteiger partial charge in [-0.25, -0.2) is 4.79 Å². The number of carboxylic acids is 1. The highest BCUT2D eigenvalue weighted by Gasteiger charge is 2.17. The van der Waals surface area contributed by atoms with Crippen molar-refractivity contribution in [3.63, 3.8) is 0 Å². The molecule has 0 aliphatic heterocycles. The van der Waals surface area contributed by atoms with Crippen molar-refractivity contribution >= 4 is 17.3 Å². The molecule has 0 saturated carbocycles. The smallest absolute Gasteiger partial charge is 0.336 e. The van der Waals surface area contributed by atoms with E-state index in [-0.39, 0.29) is 22.5 Å². The standard InChI is InChI=1S/C8H6N4O4/c1-4-2-5(12(15)16)3-6(8(13)14)7(4)10-11-9/h2-3H,1H3,(H,13,14). The lowest BCUT2D eigenvalue weighted by Crippen LogP contribution is -2.00. The minimum Gasteiger partial charge on any atom is -0.478 e. The molecule has 0 radical (unpaired) electrons. The van der Waals surface area contributed by atoms with E-state index in [1.807, 2.05) is 0 Å². The molecule has 1 N–H and O–H groups in total. The third-order valence-electron chi connectivity index (χ3n) is 1.87. The van der Waals surface area contributed by atoms with Gasteiger partial charge >= 0.3 is 5.97 Å². The van der Waals surface area contributed by atoms with E-state index in [0.29, 0.717) is 0 Å². The van der Waals surface area contributed by atoms with Gasteiger partial charge in [0.1, 0.15) is 0 Å². The minimum atomic E-state index is -1.38. The van der Waals surface area contributed by atoms with Crippen molar-refractivity contribution in [1.29, 1.82) is 0 Å². The van der Waals surface area contributed by atoms with Crippen LogP contribution in [-0.4, -0.2) is 16.0 Å². The first-order chi connectivity index (χ1) is 7.47. The van der Waals surface area contributed by atoms with Crippen molar-refractivity contribution in [2.24, 2.45) is 5.11 Å². The molecule has 0 aliphatic carbocycles. The van der Waals surface area contributed by atoms with Crippen LogP contribution >= 0.6 is 0 Å². The molecule has 8 nitrogen and oxygen atoms in total. The molecule has 0 bridgehead atoms. The first-order valence-electron chi connectivity index (χ1n) is 4.04. The Balaban J connectivity index is 3.57. The van der Waals surface area contributed by atoms with Gasteiger partial charge in [0.2, 0.25) is 0 Å². The summed E-state index contributed by atoms with van der Waals surface area (Å²) in [5, 5.41) is 22.5. The van der Waals surface area contributed by atoms with E-state index < -0.39 is 10.9 Å². The number of azide groups is 1. The molecule has 1 aromatic rings. The second kappa shape index (κ2) is 4.28. The summed E-state index contributed by atoms with van der Waals surface area (Å²) < 4.78 is 0. The summed E-state index contributed by atoms with van der Waals surface area (Å²) in [6.45, 7) is 1.43. The molecule has 0 atom stereocenters. The number of aryl methyl sites for hydroxylation is 1. The Morgan fingerprint density at radius 1 is 1.62 bits per heavy atom. The van der Waals surface area contributed by atoms with Gasteiger partial charge in [0.15, 0.2) is 0 Å². The summed E-state index contributed by atoms with van der Waals surface area (Å²) in [5.41, 5.74) is 7.65. The molecule has 1 rings (SSSR count). The minimum absolute atomic E-state index is 0.111. The molecule has 0 aromatic heterocycles. The van der Waals surface area contributed by atoms with Gasteiger partial charge in [-0.3, -0.25) is 10.1 Å². The van der Waals surface area contributed by atoms with Gasteiger partial charge in [-0.2, -0.15) is 0 Å². The third-order valence-corrected chi connectivity index (χ3v) is 1.87. The van der Waals surface area contributed by atoms with E-state index in [1.54, 1.807) is 0 Å². The average molecular weight is 222 g/mol. The number of carboxylic acid groups (broad SMARTS) is 1. The van der Waals surface area contributed by atoms with Crippen molar-refractivity contribution < 1.29 is 14.8 Å². The van der Waals surface area contributed by atoms with Gasteiger partial charge in [-0.15, -0.1) is 0 Å². The quantitative estimate of drug-likeness (QED) is 0.277. The van der Waals surface area contributed by atoms with Crippen molar-refractivity contribution in [2.75, 3.05) is 0 Å². The Morgan fingerprint density at radius 3 is 2.69 bits per heavy atom. The molecule has 0 unspecified atom stereocenters.